The average Bonchev–Trinajstić information content (AvgIpc) is 2.16. The first-order chi connectivity index (χ1) is 7.01. The molecule has 0 aromatic heterocycles. The Morgan fingerprint density at radius 2 is 2.13 bits per heavy atom. The molecule has 15 heavy (non-hydrogen) atoms. The number of ether oxygens (including phenoxy) is 1. The smallest absolute Gasteiger partial charge is 0.0718 e. The topological polar surface area (TPSA) is 32.7 Å². The Balaban J connectivity index is 2.31. The Kier molecular flexibility index (Phi) is 5.03. The van der Waals surface area contributed by atoms with E-state index in [0.717, 1.165) is 26.2 Å². The summed E-state index contributed by atoms with van der Waals surface area (Å²) in [5.41, 5.74) is -0.606. The van der Waals surface area contributed by atoms with Crippen molar-refractivity contribution in [2.75, 3.05) is 26.2 Å². The lowest BCUT2D eigenvalue weighted by Crippen LogP contribution is -2.43. The van der Waals surface area contributed by atoms with Gasteiger partial charge in [-0.05, 0) is 39.7 Å². The molecule has 1 fully saturated rings. The summed E-state index contributed by atoms with van der Waals surface area (Å²) >= 11 is 0. The fourth-order valence-corrected chi connectivity index (χ4v) is 2.09. The van der Waals surface area contributed by atoms with Crippen LogP contribution >= 0.6 is 0 Å². The number of hydrogen-bond acceptors (Lipinski definition) is 3. The second-order valence-electron chi connectivity index (χ2n) is 5.13. The summed E-state index contributed by atoms with van der Waals surface area (Å²) in [6, 6.07) is 0. The van der Waals surface area contributed by atoms with Crippen molar-refractivity contribution < 1.29 is 9.84 Å². The van der Waals surface area contributed by atoms with Gasteiger partial charge < -0.3 is 9.84 Å². The van der Waals surface area contributed by atoms with Crippen molar-refractivity contribution >= 4 is 0 Å². The number of hydrogen-bond donors (Lipinski definition) is 1. The SMILES string of the molecule is CCN(CC1CCCCO1)CC(C)(C)O. The van der Waals surface area contributed by atoms with Gasteiger partial charge in [0.25, 0.3) is 0 Å². The standard InChI is InChI=1S/C12H25NO2/c1-4-13(10-12(2,3)14)9-11-7-5-6-8-15-11/h11,14H,4-10H2,1-3H3. The average molecular weight is 215 g/mol. The third-order valence-corrected chi connectivity index (χ3v) is 2.79. The highest BCUT2D eigenvalue weighted by molar-refractivity contribution is 4.75. The van der Waals surface area contributed by atoms with E-state index in [-0.39, 0.29) is 0 Å². The van der Waals surface area contributed by atoms with Crippen molar-refractivity contribution in [3.8, 4) is 0 Å². The van der Waals surface area contributed by atoms with Crippen molar-refractivity contribution in [2.24, 2.45) is 0 Å². The van der Waals surface area contributed by atoms with E-state index in [4.69, 9.17) is 4.74 Å². The molecule has 1 heterocycles. The van der Waals surface area contributed by atoms with Gasteiger partial charge in [0.15, 0.2) is 0 Å². The molecule has 0 aliphatic carbocycles. The molecule has 0 bridgehead atoms. The van der Waals surface area contributed by atoms with Gasteiger partial charge in [0.1, 0.15) is 0 Å². The van der Waals surface area contributed by atoms with Gasteiger partial charge in [-0.3, -0.25) is 4.90 Å². The summed E-state index contributed by atoms with van der Waals surface area (Å²) < 4.78 is 5.70. The van der Waals surface area contributed by atoms with Gasteiger partial charge in [-0.1, -0.05) is 6.92 Å². The molecule has 0 aromatic carbocycles. The summed E-state index contributed by atoms with van der Waals surface area (Å²) in [5, 5.41) is 9.77. The van der Waals surface area contributed by atoms with Gasteiger partial charge in [-0.15, -0.1) is 0 Å². The normalized spacial score (nSPS) is 23.4. The van der Waals surface area contributed by atoms with Crippen LogP contribution in [0.2, 0.25) is 0 Å². The molecule has 0 aromatic rings. The Labute approximate surface area is 93.4 Å². The predicted octanol–water partition coefficient (Wildman–Crippen LogP) is 1.65. The number of nitrogens with zero attached hydrogens (tertiary/aromatic N) is 1. The zero-order valence-corrected chi connectivity index (χ0v) is 10.3. The van der Waals surface area contributed by atoms with Gasteiger partial charge in [-0.2, -0.15) is 0 Å². The van der Waals surface area contributed by atoms with E-state index < -0.39 is 5.60 Å². The molecule has 90 valence electrons. The summed E-state index contributed by atoms with van der Waals surface area (Å²) in [4.78, 5) is 2.27. The number of aliphatic hydroxyl groups is 1. The first-order valence-corrected chi connectivity index (χ1v) is 6.07. The van der Waals surface area contributed by atoms with Crippen LogP contribution in [0.25, 0.3) is 0 Å². The van der Waals surface area contributed by atoms with Gasteiger partial charge in [0.2, 0.25) is 0 Å². The summed E-state index contributed by atoms with van der Waals surface area (Å²) in [6.07, 6.45) is 4.03. The van der Waals surface area contributed by atoms with Gasteiger partial charge in [0, 0.05) is 19.7 Å². The summed E-state index contributed by atoms with van der Waals surface area (Å²) in [7, 11) is 0. The molecule has 1 atom stereocenters. The van der Waals surface area contributed by atoms with Crippen LogP contribution in [0.3, 0.4) is 0 Å². The molecule has 1 saturated heterocycles. The molecular formula is C12H25NO2. The monoisotopic (exact) mass is 215 g/mol. The van der Waals surface area contributed by atoms with E-state index in [2.05, 4.69) is 11.8 Å². The molecule has 0 saturated carbocycles. The van der Waals surface area contributed by atoms with Gasteiger partial charge >= 0.3 is 0 Å². The molecule has 0 radical (unpaired) electrons. The maximum Gasteiger partial charge on any atom is 0.0718 e. The highest BCUT2D eigenvalue weighted by Crippen LogP contribution is 2.15. The minimum atomic E-state index is -0.606. The highest BCUT2D eigenvalue weighted by Gasteiger charge is 2.21. The maximum atomic E-state index is 9.77. The molecule has 0 spiro atoms. The second-order valence-corrected chi connectivity index (χ2v) is 5.13. The van der Waals surface area contributed by atoms with E-state index in [9.17, 15) is 5.11 Å². The summed E-state index contributed by atoms with van der Waals surface area (Å²) in [5.74, 6) is 0. The van der Waals surface area contributed by atoms with Crippen molar-refractivity contribution in [3.05, 3.63) is 0 Å². The lowest BCUT2D eigenvalue weighted by Gasteiger charge is -2.32. The zero-order chi connectivity index (χ0) is 11.3. The lowest BCUT2D eigenvalue weighted by molar-refractivity contribution is -0.0242. The molecule has 1 aliphatic heterocycles. The van der Waals surface area contributed by atoms with Crippen LogP contribution in [0, 0.1) is 0 Å². The van der Waals surface area contributed by atoms with Crippen LogP contribution < -0.4 is 0 Å². The number of likely N-dealkylation sites (N-methyl/N-ethyl adjacent to an activating group) is 1. The third-order valence-electron chi connectivity index (χ3n) is 2.79. The van der Waals surface area contributed by atoms with E-state index in [1.165, 1.54) is 19.3 Å². The van der Waals surface area contributed by atoms with Crippen molar-refractivity contribution in [2.45, 2.75) is 51.7 Å². The van der Waals surface area contributed by atoms with Crippen LogP contribution in [-0.2, 0) is 4.74 Å². The van der Waals surface area contributed by atoms with E-state index in [0.29, 0.717) is 6.10 Å². The minimum Gasteiger partial charge on any atom is -0.389 e. The fraction of sp³-hybridized carbons (Fsp3) is 1.00. The Morgan fingerprint density at radius 1 is 1.40 bits per heavy atom. The zero-order valence-electron chi connectivity index (χ0n) is 10.3. The minimum absolute atomic E-state index is 0.376. The lowest BCUT2D eigenvalue weighted by atomic mass is 10.1. The molecule has 3 nitrogen and oxygen atoms in total. The van der Waals surface area contributed by atoms with Gasteiger partial charge in [0.05, 0.1) is 11.7 Å². The molecule has 1 N–H and O–H groups in total. The van der Waals surface area contributed by atoms with Crippen LogP contribution in [0.5, 0.6) is 0 Å². The van der Waals surface area contributed by atoms with E-state index in [1.54, 1.807) is 0 Å². The Hall–Kier alpha value is -0.120. The fourth-order valence-electron chi connectivity index (χ4n) is 2.09. The van der Waals surface area contributed by atoms with Crippen LogP contribution in [0.4, 0.5) is 0 Å². The van der Waals surface area contributed by atoms with Crippen LogP contribution in [-0.4, -0.2) is 48.0 Å². The predicted molar refractivity (Wildman–Crippen MR) is 62.0 cm³/mol. The number of rotatable bonds is 5. The Bertz CT molecular complexity index is 171. The first-order valence-electron chi connectivity index (χ1n) is 6.07. The maximum absolute atomic E-state index is 9.77. The Morgan fingerprint density at radius 3 is 2.60 bits per heavy atom. The highest BCUT2D eigenvalue weighted by atomic mass is 16.5. The molecule has 3 heteroatoms. The van der Waals surface area contributed by atoms with Crippen LogP contribution in [0.15, 0.2) is 0 Å². The first kappa shape index (κ1) is 12.9. The molecular weight excluding hydrogens is 190 g/mol. The molecule has 1 rings (SSSR count). The van der Waals surface area contributed by atoms with E-state index in [1.807, 2.05) is 13.8 Å². The van der Waals surface area contributed by atoms with Crippen molar-refractivity contribution in [1.82, 2.24) is 4.90 Å². The second kappa shape index (κ2) is 5.83. The largest absolute Gasteiger partial charge is 0.389 e. The molecule has 1 aliphatic rings. The molecule has 1 unspecified atom stereocenters. The molecule has 0 amide bonds. The van der Waals surface area contributed by atoms with Crippen molar-refractivity contribution in [1.29, 1.82) is 0 Å². The van der Waals surface area contributed by atoms with Crippen LogP contribution in [0.1, 0.15) is 40.0 Å². The van der Waals surface area contributed by atoms with Gasteiger partial charge in [-0.25, -0.2) is 0 Å². The van der Waals surface area contributed by atoms with Crippen molar-refractivity contribution in [3.63, 3.8) is 0 Å². The third kappa shape index (κ3) is 5.50. The van der Waals surface area contributed by atoms with E-state index >= 15 is 0 Å². The quantitative estimate of drug-likeness (QED) is 0.757. The summed E-state index contributed by atoms with van der Waals surface area (Å²) in [6.45, 7) is 9.42.